The van der Waals surface area contributed by atoms with Crippen LogP contribution in [-0.4, -0.2) is 24.7 Å². The average molecular weight is 198 g/mol. The van der Waals surface area contributed by atoms with Gasteiger partial charge in [0, 0.05) is 24.0 Å². The van der Waals surface area contributed by atoms with Crippen LogP contribution >= 0.6 is 0 Å². The van der Waals surface area contributed by atoms with Crippen LogP contribution in [0.3, 0.4) is 0 Å². The fraction of sp³-hybridized carbons (Fsp3) is 1.00. The van der Waals surface area contributed by atoms with E-state index in [1.807, 2.05) is 0 Å². The van der Waals surface area contributed by atoms with E-state index < -0.39 is 0 Å². The molecule has 1 aliphatic heterocycles. The van der Waals surface area contributed by atoms with Crippen molar-refractivity contribution in [2.75, 3.05) is 13.1 Å². The van der Waals surface area contributed by atoms with Gasteiger partial charge in [0.2, 0.25) is 0 Å². The molecule has 0 aromatic heterocycles. The number of rotatable bonds is 5. The van der Waals surface area contributed by atoms with Crippen LogP contribution in [0.25, 0.3) is 0 Å². The normalized spacial score (nSPS) is 29.8. The van der Waals surface area contributed by atoms with Gasteiger partial charge in [-0.25, -0.2) is 0 Å². The fourth-order valence-corrected chi connectivity index (χ4v) is 2.06. The van der Waals surface area contributed by atoms with Gasteiger partial charge in [-0.05, 0) is 33.2 Å². The highest BCUT2D eigenvalue weighted by atomic mass is 15.1. The van der Waals surface area contributed by atoms with Crippen molar-refractivity contribution >= 4 is 0 Å². The van der Waals surface area contributed by atoms with Crippen molar-refractivity contribution in [2.45, 2.75) is 52.6 Å². The van der Waals surface area contributed by atoms with E-state index in [2.05, 4.69) is 45.3 Å². The second-order valence-electron chi connectivity index (χ2n) is 5.42. The van der Waals surface area contributed by atoms with Crippen LogP contribution in [0.15, 0.2) is 0 Å². The highest BCUT2D eigenvalue weighted by Crippen LogP contribution is 2.26. The average Bonchev–Trinajstić information content (AvgIpc) is 2.11. The van der Waals surface area contributed by atoms with Crippen LogP contribution in [0.1, 0.15) is 41.0 Å². The summed E-state index contributed by atoms with van der Waals surface area (Å²) in [7, 11) is 0. The zero-order valence-corrected chi connectivity index (χ0v) is 10.4. The molecule has 2 N–H and O–H groups in total. The Morgan fingerprint density at radius 2 is 2.14 bits per heavy atom. The summed E-state index contributed by atoms with van der Waals surface area (Å²) in [4.78, 5) is 0. The third-order valence-electron chi connectivity index (χ3n) is 3.79. The predicted molar refractivity (Wildman–Crippen MR) is 62.5 cm³/mol. The van der Waals surface area contributed by atoms with Crippen molar-refractivity contribution < 1.29 is 0 Å². The van der Waals surface area contributed by atoms with Crippen molar-refractivity contribution in [1.82, 2.24) is 10.6 Å². The Balaban J connectivity index is 2.33. The van der Waals surface area contributed by atoms with Crippen LogP contribution in [0.4, 0.5) is 0 Å². The van der Waals surface area contributed by atoms with Gasteiger partial charge in [-0.15, -0.1) is 0 Å². The summed E-state index contributed by atoms with van der Waals surface area (Å²) in [6.07, 6.45) is 1.27. The van der Waals surface area contributed by atoms with Crippen molar-refractivity contribution in [3.8, 4) is 0 Å². The minimum Gasteiger partial charge on any atom is -0.313 e. The summed E-state index contributed by atoms with van der Waals surface area (Å²) < 4.78 is 0. The maximum atomic E-state index is 3.70. The van der Waals surface area contributed by atoms with Crippen molar-refractivity contribution in [2.24, 2.45) is 11.8 Å². The van der Waals surface area contributed by atoms with Crippen molar-refractivity contribution in [3.05, 3.63) is 0 Å². The molecule has 1 heterocycles. The molecule has 1 saturated heterocycles. The molecule has 2 heteroatoms. The highest BCUT2D eigenvalue weighted by molar-refractivity contribution is 4.99. The maximum Gasteiger partial charge on any atom is 0.0180 e. The van der Waals surface area contributed by atoms with E-state index in [-0.39, 0.29) is 5.54 Å². The smallest absolute Gasteiger partial charge is 0.0180 e. The highest BCUT2D eigenvalue weighted by Gasteiger charge is 2.38. The molecule has 1 aliphatic rings. The summed E-state index contributed by atoms with van der Waals surface area (Å²) in [5, 5.41) is 7.13. The summed E-state index contributed by atoms with van der Waals surface area (Å²) in [6.45, 7) is 13.8. The minimum atomic E-state index is 0.286. The molecule has 2 nitrogen and oxygen atoms in total. The monoisotopic (exact) mass is 198 g/mol. The third-order valence-corrected chi connectivity index (χ3v) is 3.79. The minimum absolute atomic E-state index is 0.286. The Kier molecular flexibility index (Phi) is 3.96. The van der Waals surface area contributed by atoms with E-state index in [9.17, 15) is 0 Å². The summed E-state index contributed by atoms with van der Waals surface area (Å²) in [5.74, 6) is 1.57. The van der Waals surface area contributed by atoms with E-state index in [1.165, 1.54) is 13.0 Å². The second-order valence-corrected chi connectivity index (χ2v) is 5.42. The number of hydrogen-bond acceptors (Lipinski definition) is 2. The molecule has 0 saturated carbocycles. The lowest BCUT2D eigenvalue weighted by atomic mass is 9.77. The fourth-order valence-electron chi connectivity index (χ4n) is 2.06. The van der Waals surface area contributed by atoms with Crippen molar-refractivity contribution in [1.29, 1.82) is 0 Å². The zero-order valence-electron chi connectivity index (χ0n) is 10.4. The summed E-state index contributed by atoms with van der Waals surface area (Å²) >= 11 is 0. The Bertz CT molecular complexity index is 177. The maximum absolute atomic E-state index is 3.70. The molecule has 0 aromatic rings. The van der Waals surface area contributed by atoms with Gasteiger partial charge in [-0.1, -0.05) is 20.3 Å². The molecule has 1 fully saturated rings. The van der Waals surface area contributed by atoms with E-state index in [0.717, 1.165) is 18.4 Å². The van der Waals surface area contributed by atoms with Gasteiger partial charge in [0.1, 0.15) is 0 Å². The molecule has 0 amide bonds. The zero-order chi connectivity index (χ0) is 10.8. The van der Waals surface area contributed by atoms with Crippen LogP contribution in [0, 0.1) is 11.8 Å². The van der Waals surface area contributed by atoms with Gasteiger partial charge in [0.15, 0.2) is 0 Å². The van der Waals surface area contributed by atoms with Gasteiger partial charge in [0.25, 0.3) is 0 Å². The van der Waals surface area contributed by atoms with E-state index >= 15 is 0 Å². The lowest BCUT2D eigenvalue weighted by Gasteiger charge is -2.47. The van der Waals surface area contributed by atoms with Gasteiger partial charge >= 0.3 is 0 Å². The molecule has 0 radical (unpaired) electrons. The van der Waals surface area contributed by atoms with Gasteiger partial charge < -0.3 is 10.6 Å². The first-order valence-corrected chi connectivity index (χ1v) is 5.95. The molecule has 0 aliphatic carbocycles. The Labute approximate surface area is 88.8 Å². The van der Waals surface area contributed by atoms with Gasteiger partial charge in [0.05, 0.1) is 0 Å². The van der Waals surface area contributed by atoms with E-state index in [0.29, 0.717) is 6.04 Å². The molecule has 3 unspecified atom stereocenters. The summed E-state index contributed by atoms with van der Waals surface area (Å²) in [6, 6.07) is 0.675. The van der Waals surface area contributed by atoms with E-state index in [4.69, 9.17) is 0 Å². The first-order chi connectivity index (χ1) is 6.47. The molecular weight excluding hydrogens is 172 g/mol. The Hall–Kier alpha value is -0.0800. The Morgan fingerprint density at radius 1 is 1.50 bits per heavy atom. The molecule has 0 bridgehead atoms. The van der Waals surface area contributed by atoms with Crippen LogP contribution in [-0.2, 0) is 0 Å². The molecule has 0 spiro atoms. The van der Waals surface area contributed by atoms with Gasteiger partial charge in [-0.2, -0.15) is 0 Å². The SMILES string of the molecule is CCC(C)CNC(C)(C)C1CNC1C. The molecular formula is C12H26N2. The Morgan fingerprint density at radius 3 is 2.50 bits per heavy atom. The third kappa shape index (κ3) is 2.71. The first kappa shape index (κ1) is 12.0. The molecule has 1 rings (SSSR count). The van der Waals surface area contributed by atoms with Crippen molar-refractivity contribution in [3.63, 3.8) is 0 Å². The van der Waals surface area contributed by atoms with Crippen LogP contribution in [0.2, 0.25) is 0 Å². The lowest BCUT2D eigenvalue weighted by molar-refractivity contribution is 0.123. The summed E-state index contributed by atoms with van der Waals surface area (Å²) in [5.41, 5.74) is 0.286. The predicted octanol–water partition coefficient (Wildman–Crippen LogP) is 2.01. The largest absolute Gasteiger partial charge is 0.313 e. The molecule has 3 atom stereocenters. The van der Waals surface area contributed by atoms with Crippen LogP contribution < -0.4 is 10.6 Å². The molecule has 14 heavy (non-hydrogen) atoms. The standard InChI is InChI=1S/C12H26N2/c1-6-9(2)7-14-12(4,5)11-8-13-10(11)3/h9-11,13-14H,6-8H2,1-5H3. The topological polar surface area (TPSA) is 24.1 Å². The number of nitrogens with one attached hydrogen (secondary N) is 2. The van der Waals surface area contributed by atoms with E-state index in [1.54, 1.807) is 0 Å². The quantitative estimate of drug-likeness (QED) is 0.706. The molecule has 84 valence electrons. The lowest BCUT2D eigenvalue weighted by Crippen LogP contribution is -2.64. The number of hydrogen-bond donors (Lipinski definition) is 2. The molecule has 0 aromatic carbocycles. The first-order valence-electron chi connectivity index (χ1n) is 5.95. The van der Waals surface area contributed by atoms with Crippen LogP contribution in [0.5, 0.6) is 0 Å². The van der Waals surface area contributed by atoms with Gasteiger partial charge in [-0.3, -0.25) is 0 Å². The second kappa shape index (κ2) is 4.63.